The van der Waals surface area contributed by atoms with Crippen molar-refractivity contribution in [3.63, 3.8) is 0 Å². The number of hydrogen-bond acceptors (Lipinski definition) is 4. The van der Waals surface area contributed by atoms with Crippen LogP contribution in [0.5, 0.6) is 5.75 Å². The molecule has 2 heterocycles. The fraction of sp³-hybridized carbons (Fsp3) is 0.200. The number of pyridine rings is 1. The summed E-state index contributed by atoms with van der Waals surface area (Å²) in [6.45, 7) is 0.393. The number of nitrogens with two attached hydrogens (primary N) is 1. The van der Waals surface area contributed by atoms with Gasteiger partial charge in [0.25, 0.3) is 0 Å². The number of carbonyl (C=O) groups excluding carboxylic acids is 1. The highest BCUT2D eigenvalue weighted by atomic mass is 16.5. The van der Waals surface area contributed by atoms with E-state index in [0.29, 0.717) is 24.3 Å². The molecule has 4 heteroatoms. The Balaban J connectivity index is 1.86. The van der Waals surface area contributed by atoms with Crippen molar-refractivity contribution in [3.05, 3.63) is 53.9 Å². The molecule has 96 valence electrons. The van der Waals surface area contributed by atoms with E-state index in [1.165, 1.54) is 6.20 Å². The number of fused-ring (bicyclic) bond motifs is 1. The first-order valence-electron chi connectivity index (χ1n) is 6.20. The molecule has 2 aromatic rings. The second-order valence-corrected chi connectivity index (χ2v) is 4.65. The van der Waals surface area contributed by atoms with Crippen LogP contribution in [-0.4, -0.2) is 17.4 Å². The van der Waals surface area contributed by atoms with Crippen molar-refractivity contribution in [2.45, 2.75) is 6.42 Å². The highest BCUT2D eigenvalue weighted by Crippen LogP contribution is 2.29. The smallest absolute Gasteiger partial charge is 0.173 e. The minimum Gasteiger partial charge on any atom is -0.493 e. The standard InChI is InChI=1S/C15H14N2O2/c16-13-5-6-17-8-12(13)15(18)11-7-10-3-1-2-4-14(10)19-9-11/h1-6,8,11H,7,9H2,(H2,16,17). The Kier molecular flexibility index (Phi) is 2.91. The van der Waals surface area contributed by atoms with Gasteiger partial charge in [0.15, 0.2) is 5.78 Å². The van der Waals surface area contributed by atoms with Gasteiger partial charge in [-0.05, 0) is 24.1 Å². The molecule has 0 radical (unpaired) electrons. The van der Waals surface area contributed by atoms with Gasteiger partial charge in [-0.1, -0.05) is 18.2 Å². The molecule has 0 amide bonds. The van der Waals surface area contributed by atoms with Crippen molar-refractivity contribution in [2.24, 2.45) is 5.92 Å². The number of para-hydroxylation sites is 1. The van der Waals surface area contributed by atoms with Crippen molar-refractivity contribution in [1.82, 2.24) is 4.98 Å². The minimum absolute atomic E-state index is 0.0000954. The molecule has 19 heavy (non-hydrogen) atoms. The summed E-state index contributed by atoms with van der Waals surface area (Å²) in [4.78, 5) is 16.4. The molecule has 4 nitrogen and oxygen atoms in total. The number of Topliss-reactive ketones (excluding diaryl/α,β-unsaturated/α-hetero) is 1. The van der Waals surface area contributed by atoms with E-state index < -0.39 is 0 Å². The number of nitrogens with zero attached hydrogens (tertiary/aromatic N) is 1. The predicted molar refractivity (Wildman–Crippen MR) is 72.1 cm³/mol. The van der Waals surface area contributed by atoms with Crippen LogP contribution in [0.4, 0.5) is 5.69 Å². The largest absolute Gasteiger partial charge is 0.493 e. The number of carbonyl (C=O) groups is 1. The lowest BCUT2D eigenvalue weighted by Crippen LogP contribution is -2.28. The third kappa shape index (κ3) is 2.17. The van der Waals surface area contributed by atoms with E-state index in [-0.39, 0.29) is 11.7 Å². The zero-order chi connectivity index (χ0) is 13.2. The van der Waals surface area contributed by atoms with Gasteiger partial charge in [-0.15, -0.1) is 0 Å². The summed E-state index contributed by atoms with van der Waals surface area (Å²) in [7, 11) is 0. The lowest BCUT2D eigenvalue weighted by atomic mass is 9.90. The molecule has 1 atom stereocenters. The van der Waals surface area contributed by atoms with E-state index in [0.717, 1.165) is 11.3 Å². The maximum atomic E-state index is 12.4. The molecule has 0 spiro atoms. The van der Waals surface area contributed by atoms with Gasteiger partial charge in [-0.25, -0.2) is 0 Å². The number of hydrogen-bond donors (Lipinski definition) is 1. The molecule has 0 bridgehead atoms. The molecule has 0 fully saturated rings. The summed E-state index contributed by atoms with van der Waals surface area (Å²) in [6, 6.07) is 9.44. The molecule has 3 rings (SSSR count). The van der Waals surface area contributed by atoms with Gasteiger partial charge in [-0.3, -0.25) is 9.78 Å². The van der Waals surface area contributed by atoms with Crippen molar-refractivity contribution in [2.75, 3.05) is 12.3 Å². The van der Waals surface area contributed by atoms with Gasteiger partial charge in [0, 0.05) is 18.1 Å². The number of benzene rings is 1. The molecule has 1 aliphatic rings. The second-order valence-electron chi connectivity index (χ2n) is 4.65. The van der Waals surface area contributed by atoms with Crippen molar-refractivity contribution in [1.29, 1.82) is 0 Å². The highest BCUT2D eigenvalue weighted by molar-refractivity contribution is 6.02. The van der Waals surface area contributed by atoms with E-state index in [9.17, 15) is 4.79 Å². The number of aromatic nitrogens is 1. The Morgan fingerprint density at radius 1 is 1.32 bits per heavy atom. The SMILES string of the molecule is Nc1ccncc1C(=O)C1COc2ccccc2C1. The fourth-order valence-electron chi connectivity index (χ4n) is 2.33. The summed E-state index contributed by atoms with van der Waals surface area (Å²) in [5, 5.41) is 0. The summed E-state index contributed by atoms with van der Waals surface area (Å²) < 4.78 is 5.64. The average Bonchev–Trinajstić information content (AvgIpc) is 2.46. The highest BCUT2D eigenvalue weighted by Gasteiger charge is 2.27. The van der Waals surface area contributed by atoms with E-state index in [1.807, 2.05) is 24.3 Å². The summed E-state index contributed by atoms with van der Waals surface area (Å²) >= 11 is 0. The maximum absolute atomic E-state index is 12.4. The van der Waals surface area contributed by atoms with Gasteiger partial charge in [0.2, 0.25) is 0 Å². The maximum Gasteiger partial charge on any atom is 0.173 e. The lowest BCUT2D eigenvalue weighted by molar-refractivity contribution is 0.0855. The van der Waals surface area contributed by atoms with Crippen LogP contribution in [0.25, 0.3) is 0 Å². The average molecular weight is 254 g/mol. The quantitative estimate of drug-likeness (QED) is 0.833. The third-order valence-electron chi connectivity index (χ3n) is 3.37. The van der Waals surface area contributed by atoms with Crippen molar-refractivity contribution < 1.29 is 9.53 Å². The molecule has 0 aliphatic carbocycles. The van der Waals surface area contributed by atoms with Crippen LogP contribution >= 0.6 is 0 Å². The monoisotopic (exact) mass is 254 g/mol. The fourth-order valence-corrected chi connectivity index (χ4v) is 2.33. The summed E-state index contributed by atoms with van der Waals surface area (Å²) in [5.74, 6) is 0.673. The molecule has 0 saturated heterocycles. The molecule has 2 N–H and O–H groups in total. The van der Waals surface area contributed by atoms with E-state index in [4.69, 9.17) is 10.5 Å². The number of ether oxygens (including phenoxy) is 1. The van der Waals surface area contributed by atoms with Gasteiger partial charge in [0.1, 0.15) is 5.75 Å². The first-order chi connectivity index (χ1) is 9.25. The topological polar surface area (TPSA) is 65.2 Å². The number of nitrogen functional groups attached to an aromatic ring is 1. The number of anilines is 1. The minimum atomic E-state index is -0.193. The first-order valence-corrected chi connectivity index (χ1v) is 6.20. The Bertz CT molecular complexity index is 625. The van der Waals surface area contributed by atoms with Gasteiger partial charge < -0.3 is 10.5 Å². The zero-order valence-electron chi connectivity index (χ0n) is 10.4. The van der Waals surface area contributed by atoms with Crippen LogP contribution in [0.1, 0.15) is 15.9 Å². The van der Waals surface area contributed by atoms with E-state index >= 15 is 0 Å². The van der Waals surface area contributed by atoms with Crippen LogP contribution in [0.15, 0.2) is 42.7 Å². The molecule has 0 saturated carbocycles. The predicted octanol–water partition coefficient (Wildman–Crippen LogP) is 2.10. The van der Waals surface area contributed by atoms with Crippen LogP contribution in [-0.2, 0) is 6.42 Å². The Hall–Kier alpha value is -2.36. The Labute approximate surface area is 111 Å². The van der Waals surface area contributed by atoms with Crippen LogP contribution in [0.3, 0.4) is 0 Å². The van der Waals surface area contributed by atoms with Gasteiger partial charge in [0.05, 0.1) is 18.1 Å². The molecular weight excluding hydrogens is 240 g/mol. The molecule has 1 aromatic carbocycles. The number of ketones is 1. The molecule has 1 aromatic heterocycles. The van der Waals surface area contributed by atoms with E-state index in [2.05, 4.69) is 4.98 Å². The van der Waals surface area contributed by atoms with Crippen LogP contribution in [0, 0.1) is 5.92 Å². The molecule has 1 unspecified atom stereocenters. The van der Waals surface area contributed by atoms with Crippen LogP contribution < -0.4 is 10.5 Å². The zero-order valence-corrected chi connectivity index (χ0v) is 10.4. The molecule has 1 aliphatic heterocycles. The Morgan fingerprint density at radius 3 is 3.00 bits per heavy atom. The third-order valence-corrected chi connectivity index (χ3v) is 3.37. The summed E-state index contributed by atoms with van der Waals surface area (Å²) in [5.41, 5.74) is 7.84. The van der Waals surface area contributed by atoms with Crippen LogP contribution in [0.2, 0.25) is 0 Å². The van der Waals surface area contributed by atoms with Gasteiger partial charge in [-0.2, -0.15) is 0 Å². The Morgan fingerprint density at radius 2 is 2.16 bits per heavy atom. The van der Waals surface area contributed by atoms with Crippen molar-refractivity contribution in [3.8, 4) is 5.75 Å². The number of rotatable bonds is 2. The lowest BCUT2D eigenvalue weighted by Gasteiger charge is -2.24. The van der Waals surface area contributed by atoms with Crippen molar-refractivity contribution >= 4 is 11.5 Å². The first kappa shape index (κ1) is 11.7. The second kappa shape index (κ2) is 4.72. The van der Waals surface area contributed by atoms with Gasteiger partial charge >= 0.3 is 0 Å². The molecular formula is C15H14N2O2. The summed E-state index contributed by atoms with van der Waals surface area (Å²) in [6.07, 6.45) is 3.79. The van der Waals surface area contributed by atoms with E-state index in [1.54, 1.807) is 12.3 Å². The normalized spacial score (nSPS) is 17.4.